The van der Waals surface area contributed by atoms with Gasteiger partial charge < -0.3 is 14.7 Å². The van der Waals surface area contributed by atoms with Gasteiger partial charge in [-0.3, -0.25) is 4.79 Å². The van der Waals surface area contributed by atoms with Crippen LogP contribution < -0.4 is 5.73 Å². The molecule has 0 saturated heterocycles. The van der Waals surface area contributed by atoms with Crippen molar-refractivity contribution in [2.45, 2.75) is 11.8 Å². The molecule has 0 radical (unpaired) electrons. The van der Waals surface area contributed by atoms with Crippen molar-refractivity contribution in [3.8, 4) is 0 Å². The summed E-state index contributed by atoms with van der Waals surface area (Å²) in [5.41, 5.74) is 1.73. The van der Waals surface area contributed by atoms with Crippen molar-refractivity contribution < 1.29 is 30.6 Å². The van der Waals surface area contributed by atoms with E-state index in [2.05, 4.69) is 4.18 Å². The van der Waals surface area contributed by atoms with Crippen LogP contribution in [0.4, 0.5) is 4.39 Å². The van der Waals surface area contributed by atoms with E-state index in [4.69, 9.17) is 14.6 Å². The summed E-state index contributed by atoms with van der Waals surface area (Å²) in [6.07, 6.45) is -2.69. The predicted octanol–water partition coefficient (Wildman–Crippen LogP) is 2.14. The Morgan fingerprint density at radius 2 is 1.84 bits per heavy atom. The van der Waals surface area contributed by atoms with Crippen LogP contribution in [-0.4, -0.2) is 14.2 Å². The van der Waals surface area contributed by atoms with Gasteiger partial charge in [0.2, 0.25) is 17.4 Å². The molecule has 0 fully saturated rings. The Bertz CT molecular complexity index is 1080. The monoisotopic (exact) mass is 366 g/mol. The van der Waals surface area contributed by atoms with Crippen LogP contribution in [0.15, 0.2) is 66.2 Å². The summed E-state index contributed by atoms with van der Waals surface area (Å²) in [6.45, 7) is 0. The van der Waals surface area contributed by atoms with E-state index in [1.807, 2.05) is 0 Å². The average molecular weight is 366 g/mol. The van der Waals surface area contributed by atoms with Crippen molar-refractivity contribution in [2.75, 3.05) is 0 Å². The fraction of sp³-hybridized carbons (Fsp3) is 0.118. The van der Waals surface area contributed by atoms with Gasteiger partial charge in [-0.15, -0.1) is 0 Å². The van der Waals surface area contributed by atoms with Crippen molar-refractivity contribution in [2.24, 2.45) is 5.73 Å². The number of benzene rings is 2. The molecule has 1 heterocycles. The number of nitrogens with two attached hydrogens (primary N) is 1. The molecule has 0 unspecified atom stereocenters. The third kappa shape index (κ3) is 3.63. The van der Waals surface area contributed by atoms with Gasteiger partial charge in [0.15, 0.2) is 6.08 Å². The molecule has 2 aromatic rings. The first kappa shape index (κ1) is 13.4. The minimum absolute atomic E-state index is 0.244. The van der Waals surface area contributed by atoms with Gasteiger partial charge in [-0.05, 0) is 11.6 Å². The number of ketones is 1. The van der Waals surface area contributed by atoms with E-state index >= 15 is 0 Å². The molecule has 2 N–H and O–H groups in total. The molecule has 1 aliphatic rings. The molecule has 25 heavy (non-hydrogen) atoms. The van der Waals surface area contributed by atoms with Gasteiger partial charge in [0.05, 0.1) is 4.11 Å². The molecule has 1 atom stereocenters. The molecule has 3 rings (SSSR count). The van der Waals surface area contributed by atoms with Crippen LogP contribution in [0.25, 0.3) is 0 Å². The first-order chi connectivity index (χ1) is 13.0. The minimum Gasteiger partial charge on any atom is -0.460 e. The molecule has 8 heteroatoms. The van der Waals surface area contributed by atoms with Crippen molar-refractivity contribution in [3.63, 3.8) is 0 Å². The van der Waals surface area contributed by atoms with E-state index < -0.39 is 50.7 Å². The maximum atomic E-state index is 14.0. The molecule has 0 spiro atoms. The summed E-state index contributed by atoms with van der Waals surface area (Å²) in [5.74, 6) is -4.27. The largest absolute Gasteiger partial charge is 0.460 e. The third-order valence-corrected chi connectivity index (χ3v) is 4.05. The van der Waals surface area contributed by atoms with E-state index in [9.17, 15) is 17.6 Å². The maximum Gasteiger partial charge on any atom is 0.313 e. The predicted molar refractivity (Wildman–Crippen MR) is 86.6 cm³/mol. The summed E-state index contributed by atoms with van der Waals surface area (Å²) >= 11 is 0. The Hall–Kier alpha value is -2.87. The van der Waals surface area contributed by atoms with E-state index in [0.29, 0.717) is 0 Å². The van der Waals surface area contributed by atoms with E-state index in [1.54, 1.807) is 6.07 Å². The van der Waals surface area contributed by atoms with Gasteiger partial charge in [-0.25, -0.2) is 4.39 Å². The standard InChI is InChI=1S/C17H14FNO5S/c18-13-9-5-4-8-12(13)15-14(20)16(17(19)23-15)24-25(21,22)10-11-6-2-1-3-7-11/h1-9,15H,10,19H2/t15-/m0/s1/i10D2,15D. The average Bonchev–Trinajstić information content (AvgIpc) is 2.86. The summed E-state index contributed by atoms with van der Waals surface area (Å²) in [4.78, 5) is 12.6. The molecule has 1 aliphatic heterocycles. The Morgan fingerprint density at radius 1 is 1.20 bits per heavy atom. The molecule has 6 nitrogen and oxygen atoms in total. The quantitative estimate of drug-likeness (QED) is 0.815. The fourth-order valence-corrected chi connectivity index (χ4v) is 2.94. The zero-order valence-corrected chi connectivity index (χ0v) is 13.4. The van der Waals surface area contributed by atoms with E-state index in [1.165, 1.54) is 36.4 Å². The van der Waals surface area contributed by atoms with Gasteiger partial charge in [0, 0.05) is 5.56 Å². The molecular formula is C17H14FNO5S. The van der Waals surface area contributed by atoms with Crippen molar-refractivity contribution in [3.05, 3.63) is 83.2 Å². The highest BCUT2D eigenvalue weighted by Gasteiger charge is 2.40. The Morgan fingerprint density at radius 3 is 2.52 bits per heavy atom. The number of carbonyl (C=O) groups excluding carboxylic acids is 1. The van der Waals surface area contributed by atoms with Crippen molar-refractivity contribution in [1.29, 1.82) is 0 Å². The van der Waals surface area contributed by atoms with E-state index in [0.717, 1.165) is 12.1 Å². The number of carbonyl (C=O) groups is 1. The van der Waals surface area contributed by atoms with Crippen LogP contribution in [0.5, 0.6) is 0 Å². The molecular weight excluding hydrogens is 349 g/mol. The zero-order chi connectivity index (χ0) is 20.7. The Kier molecular flexibility index (Phi) is 3.52. The lowest BCUT2D eigenvalue weighted by Gasteiger charge is -2.10. The van der Waals surface area contributed by atoms with Gasteiger partial charge in [0.25, 0.3) is 0 Å². The number of hydrogen-bond donors (Lipinski definition) is 1. The van der Waals surface area contributed by atoms with Crippen LogP contribution in [0.1, 0.15) is 21.3 Å². The van der Waals surface area contributed by atoms with Crippen LogP contribution in [0, 0.1) is 5.82 Å². The fourth-order valence-electron chi connectivity index (χ4n) is 2.10. The highest BCUT2D eigenvalue weighted by Crippen LogP contribution is 2.33. The second kappa shape index (κ2) is 6.56. The number of rotatable bonds is 5. The SMILES string of the molecule is [2H]C([2H])(c1ccccc1)S(=O)(=O)OC1=C(N)O[C@@]([2H])(c2ccccc2F)C1=O. The van der Waals surface area contributed by atoms with Crippen LogP contribution in [0.3, 0.4) is 0 Å². The van der Waals surface area contributed by atoms with Gasteiger partial charge >= 0.3 is 10.1 Å². The Balaban J connectivity index is 1.96. The summed E-state index contributed by atoms with van der Waals surface area (Å²) in [7, 11) is -5.09. The number of ether oxygens (including phenoxy) is 1. The number of hydrogen-bond acceptors (Lipinski definition) is 6. The highest BCUT2D eigenvalue weighted by molar-refractivity contribution is 7.86. The van der Waals surface area contributed by atoms with Gasteiger partial charge in [-0.2, -0.15) is 8.42 Å². The number of Topliss-reactive ketones (excluding diaryl/α,β-unsaturated/α-hetero) is 1. The minimum atomic E-state index is -5.09. The van der Waals surface area contributed by atoms with Gasteiger partial charge in [0.1, 0.15) is 11.5 Å². The van der Waals surface area contributed by atoms with Crippen LogP contribution in [-0.2, 0) is 29.5 Å². The highest BCUT2D eigenvalue weighted by atomic mass is 32.2. The normalized spacial score (nSPS) is 22.8. The maximum absolute atomic E-state index is 14.0. The zero-order valence-electron chi connectivity index (χ0n) is 15.6. The second-order valence-electron chi connectivity index (χ2n) is 4.94. The molecule has 0 amide bonds. The smallest absolute Gasteiger partial charge is 0.313 e. The molecule has 130 valence electrons. The second-order valence-corrected chi connectivity index (χ2v) is 6.22. The Labute approximate surface area is 148 Å². The van der Waals surface area contributed by atoms with E-state index in [-0.39, 0.29) is 5.56 Å². The molecule has 0 aromatic heterocycles. The molecule has 0 saturated carbocycles. The lowest BCUT2D eigenvalue weighted by molar-refractivity contribution is -0.123. The molecule has 2 aromatic carbocycles. The molecule has 0 bridgehead atoms. The third-order valence-electron chi connectivity index (χ3n) is 3.18. The summed E-state index contributed by atoms with van der Waals surface area (Å²) in [6, 6.07) is 11.6. The summed E-state index contributed by atoms with van der Waals surface area (Å²) in [5, 5.41) is 0. The molecule has 0 aliphatic carbocycles. The lowest BCUT2D eigenvalue weighted by atomic mass is 10.1. The summed E-state index contributed by atoms with van der Waals surface area (Å²) < 4.78 is 72.5. The van der Waals surface area contributed by atoms with Crippen molar-refractivity contribution >= 4 is 15.9 Å². The number of halogens is 1. The lowest BCUT2D eigenvalue weighted by Crippen LogP contribution is -2.16. The van der Waals surface area contributed by atoms with Crippen molar-refractivity contribution in [1.82, 2.24) is 0 Å². The van der Waals surface area contributed by atoms with Gasteiger partial charge in [-0.1, -0.05) is 48.5 Å². The first-order valence-corrected chi connectivity index (χ1v) is 8.39. The first-order valence-electron chi connectivity index (χ1n) is 8.49. The topological polar surface area (TPSA) is 95.7 Å². The van der Waals surface area contributed by atoms with Crippen LogP contribution >= 0.6 is 0 Å². The van der Waals surface area contributed by atoms with Crippen LogP contribution in [0.2, 0.25) is 0 Å².